The van der Waals surface area contributed by atoms with Crippen molar-refractivity contribution in [3.05, 3.63) is 63.7 Å². The van der Waals surface area contributed by atoms with Crippen LogP contribution < -0.4 is 0 Å². The van der Waals surface area contributed by atoms with Gasteiger partial charge in [-0.15, -0.1) is 0 Å². The molecule has 2 aromatic carbocycles. The first-order chi connectivity index (χ1) is 9.49. The lowest BCUT2D eigenvalue weighted by Gasteiger charge is -2.06. The number of nitro benzene ring substituents is 1. The summed E-state index contributed by atoms with van der Waals surface area (Å²) in [6, 6.07) is 11.8. The van der Waals surface area contributed by atoms with Crippen molar-refractivity contribution in [2.24, 2.45) is 0 Å². The maximum Gasteiger partial charge on any atom is 0.342 e. The van der Waals surface area contributed by atoms with Crippen molar-refractivity contribution < 1.29 is 14.8 Å². The van der Waals surface area contributed by atoms with Crippen LogP contribution in [0.4, 0.5) is 5.69 Å². The first-order valence-corrected chi connectivity index (χ1v) is 6.56. The van der Waals surface area contributed by atoms with E-state index in [1.54, 1.807) is 6.07 Å². The van der Waals surface area contributed by atoms with Gasteiger partial charge in [0.1, 0.15) is 5.56 Å². The van der Waals surface area contributed by atoms with E-state index in [1.807, 2.05) is 31.2 Å². The van der Waals surface area contributed by atoms with Gasteiger partial charge in [-0.1, -0.05) is 35.5 Å². The normalized spacial score (nSPS) is 10.2. The zero-order valence-electron chi connectivity index (χ0n) is 10.6. The van der Waals surface area contributed by atoms with Crippen molar-refractivity contribution in [2.75, 3.05) is 0 Å². The molecule has 0 spiro atoms. The maximum absolute atomic E-state index is 11.1. The van der Waals surface area contributed by atoms with Gasteiger partial charge in [0, 0.05) is 4.90 Å². The van der Waals surface area contributed by atoms with Crippen LogP contribution in [0.25, 0.3) is 0 Å². The second kappa shape index (κ2) is 5.75. The number of carbonyl (C=O) groups is 1. The van der Waals surface area contributed by atoms with Crippen molar-refractivity contribution in [2.45, 2.75) is 16.7 Å². The SMILES string of the molecule is Cc1cccc(Sc2cccc(C(=O)O)c2[N+](=O)[O-])c1. The lowest BCUT2D eigenvalue weighted by Crippen LogP contribution is -2.03. The van der Waals surface area contributed by atoms with Crippen LogP contribution in [0.1, 0.15) is 15.9 Å². The van der Waals surface area contributed by atoms with Gasteiger partial charge in [-0.2, -0.15) is 0 Å². The molecule has 0 aliphatic heterocycles. The number of aryl methyl sites for hydroxylation is 1. The number of nitrogens with zero attached hydrogens (tertiary/aromatic N) is 1. The minimum atomic E-state index is -1.30. The molecule has 0 amide bonds. The Morgan fingerprint density at radius 3 is 2.55 bits per heavy atom. The third kappa shape index (κ3) is 2.97. The topological polar surface area (TPSA) is 80.4 Å². The number of benzene rings is 2. The largest absolute Gasteiger partial charge is 0.477 e. The van der Waals surface area contributed by atoms with Crippen LogP contribution in [0, 0.1) is 17.0 Å². The van der Waals surface area contributed by atoms with Crippen LogP contribution in [-0.2, 0) is 0 Å². The molecule has 0 unspecified atom stereocenters. The molecular weight excluding hydrogens is 278 g/mol. The summed E-state index contributed by atoms with van der Waals surface area (Å²) >= 11 is 1.18. The van der Waals surface area contributed by atoms with Gasteiger partial charge in [0.25, 0.3) is 5.69 Å². The van der Waals surface area contributed by atoms with E-state index in [9.17, 15) is 14.9 Å². The fourth-order valence-electron chi connectivity index (χ4n) is 1.77. The van der Waals surface area contributed by atoms with Crippen molar-refractivity contribution >= 4 is 23.4 Å². The van der Waals surface area contributed by atoms with Gasteiger partial charge in [-0.05, 0) is 31.2 Å². The van der Waals surface area contributed by atoms with E-state index in [-0.39, 0.29) is 11.3 Å². The quantitative estimate of drug-likeness (QED) is 0.684. The van der Waals surface area contributed by atoms with Crippen LogP contribution in [0.15, 0.2) is 52.3 Å². The maximum atomic E-state index is 11.1. The molecule has 102 valence electrons. The number of aromatic carboxylic acids is 1. The monoisotopic (exact) mass is 289 g/mol. The molecule has 2 rings (SSSR count). The number of nitro groups is 1. The second-order valence-corrected chi connectivity index (χ2v) is 5.25. The predicted octanol–water partition coefficient (Wildman–Crippen LogP) is 3.75. The van der Waals surface area contributed by atoms with E-state index in [0.29, 0.717) is 4.90 Å². The molecular formula is C14H11NO4S. The van der Waals surface area contributed by atoms with Crippen molar-refractivity contribution in [3.63, 3.8) is 0 Å². The van der Waals surface area contributed by atoms with Gasteiger partial charge in [-0.3, -0.25) is 10.1 Å². The summed E-state index contributed by atoms with van der Waals surface area (Å²) in [5.74, 6) is -1.30. The minimum absolute atomic E-state index is 0.298. The molecule has 0 saturated heterocycles. The standard InChI is InChI=1S/C14H11NO4S/c1-9-4-2-5-10(8-9)20-12-7-3-6-11(14(16)17)13(12)15(18)19/h2-8H,1H3,(H,16,17). The molecule has 0 radical (unpaired) electrons. The molecule has 5 nitrogen and oxygen atoms in total. The molecule has 0 aliphatic carbocycles. The smallest absolute Gasteiger partial charge is 0.342 e. The van der Waals surface area contributed by atoms with E-state index in [2.05, 4.69) is 0 Å². The molecule has 0 fully saturated rings. The summed E-state index contributed by atoms with van der Waals surface area (Å²) in [4.78, 5) is 22.7. The summed E-state index contributed by atoms with van der Waals surface area (Å²) < 4.78 is 0. The summed E-state index contributed by atoms with van der Waals surface area (Å²) in [7, 11) is 0. The minimum Gasteiger partial charge on any atom is -0.477 e. The predicted molar refractivity (Wildman–Crippen MR) is 75.4 cm³/mol. The number of para-hydroxylation sites is 1. The van der Waals surface area contributed by atoms with Gasteiger partial charge in [0.15, 0.2) is 0 Å². The van der Waals surface area contributed by atoms with Gasteiger partial charge < -0.3 is 5.11 Å². The zero-order chi connectivity index (χ0) is 14.7. The van der Waals surface area contributed by atoms with E-state index in [0.717, 1.165) is 10.5 Å². The Hall–Kier alpha value is -2.34. The average molecular weight is 289 g/mol. The second-order valence-electron chi connectivity index (χ2n) is 4.13. The first-order valence-electron chi connectivity index (χ1n) is 5.74. The Morgan fingerprint density at radius 2 is 1.95 bits per heavy atom. The van der Waals surface area contributed by atoms with Gasteiger partial charge in [0.05, 0.1) is 9.82 Å². The first kappa shape index (κ1) is 14.1. The Morgan fingerprint density at radius 1 is 1.25 bits per heavy atom. The number of rotatable bonds is 4. The highest BCUT2D eigenvalue weighted by molar-refractivity contribution is 7.99. The number of hydrogen-bond donors (Lipinski definition) is 1. The van der Waals surface area contributed by atoms with Crippen LogP contribution in [-0.4, -0.2) is 16.0 Å². The molecule has 0 bridgehead atoms. The number of carboxylic acids is 1. The van der Waals surface area contributed by atoms with Crippen molar-refractivity contribution in [1.29, 1.82) is 0 Å². The molecule has 0 atom stereocenters. The van der Waals surface area contributed by atoms with E-state index in [1.165, 1.54) is 23.9 Å². The highest BCUT2D eigenvalue weighted by atomic mass is 32.2. The zero-order valence-corrected chi connectivity index (χ0v) is 11.4. The highest BCUT2D eigenvalue weighted by Gasteiger charge is 2.24. The lowest BCUT2D eigenvalue weighted by molar-refractivity contribution is -0.388. The molecule has 1 N–H and O–H groups in total. The van der Waals surface area contributed by atoms with E-state index in [4.69, 9.17) is 5.11 Å². The Labute approximate surface area is 119 Å². The van der Waals surface area contributed by atoms with Crippen molar-refractivity contribution in [3.8, 4) is 0 Å². The van der Waals surface area contributed by atoms with Gasteiger partial charge >= 0.3 is 5.97 Å². The van der Waals surface area contributed by atoms with Crippen LogP contribution in [0.3, 0.4) is 0 Å². The molecule has 20 heavy (non-hydrogen) atoms. The highest BCUT2D eigenvalue weighted by Crippen LogP contribution is 2.37. The summed E-state index contributed by atoms with van der Waals surface area (Å²) in [6.45, 7) is 1.92. The van der Waals surface area contributed by atoms with E-state index < -0.39 is 10.9 Å². The lowest BCUT2D eigenvalue weighted by atomic mass is 10.2. The average Bonchev–Trinajstić information content (AvgIpc) is 2.38. The third-order valence-corrected chi connectivity index (χ3v) is 3.67. The molecule has 0 aliphatic rings. The fourth-order valence-corrected chi connectivity index (χ4v) is 2.84. The van der Waals surface area contributed by atoms with Crippen LogP contribution in [0.5, 0.6) is 0 Å². The fraction of sp³-hybridized carbons (Fsp3) is 0.0714. The number of carboxylic acid groups (broad SMARTS) is 1. The molecule has 6 heteroatoms. The number of hydrogen-bond acceptors (Lipinski definition) is 4. The van der Waals surface area contributed by atoms with Gasteiger partial charge in [0.2, 0.25) is 0 Å². The van der Waals surface area contributed by atoms with Crippen molar-refractivity contribution in [1.82, 2.24) is 0 Å². The molecule has 0 saturated carbocycles. The van der Waals surface area contributed by atoms with Gasteiger partial charge in [-0.25, -0.2) is 4.79 Å². The van der Waals surface area contributed by atoms with Crippen LogP contribution in [0.2, 0.25) is 0 Å². The molecule has 0 aromatic heterocycles. The summed E-state index contributed by atoms with van der Waals surface area (Å²) in [5.41, 5.74) is 0.367. The Balaban J connectivity index is 2.49. The molecule has 0 heterocycles. The Kier molecular flexibility index (Phi) is 4.05. The third-order valence-electron chi connectivity index (χ3n) is 2.63. The Bertz CT molecular complexity index is 685. The summed E-state index contributed by atoms with van der Waals surface area (Å²) in [6.07, 6.45) is 0. The summed E-state index contributed by atoms with van der Waals surface area (Å²) in [5, 5.41) is 20.2. The van der Waals surface area contributed by atoms with Crippen LogP contribution >= 0.6 is 11.8 Å². The van der Waals surface area contributed by atoms with E-state index >= 15 is 0 Å². The molecule has 2 aromatic rings.